The number of nitrogens with zero attached hydrogens (tertiary/aromatic N) is 2. The van der Waals surface area contributed by atoms with Crippen LogP contribution in [0.4, 0.5) is 5.69 Å². The second-order valence-electron chi connectivity index (χ2n) is 5.33. The van der Waals surface area contributed by atoms with E-state index in [1.165, 1.54) is 4.90 Å². The molecule has 0 spiro atoms. The quantitative estimate of drug-likeness (QED) is 0.915. The van der Waals surface area contributed by atoms with E-state index in [1.54, 1.807) is 13.1 Å². The molecule has 5 nitrogen and oxygen atoms in total. The molecule has 0 radical (unpaired) electrons. The number of fused-ring (bicyclic) bond motifs is 1. The maximum Gasteiger partial charge on any atom is 0.270 e. The lowest BCUT2D eigenvalue weighted by Gasteiger charge is -2.32. The Balaban J connectivity index is 1.79. The van der Waals surface area contributed by atoms with Crippen LogP contribution in [0.5, 0.6) is 0 Å². The minimum Gasteiger partial charge on any atom is -0.341 e. The van der Waals surface area contributed by atoms with E-state index in [1.807, 2.05) is 48.0 Å². The van der Waals surface area contributed by atoms with Crippen LogP contribution in [0, 0.1) is 6.92 Å². The van der Waals surface area contributed by atoms with Crippen LogP contribution < -0.4 is 5.32 Å². The molecule has 5 heteroatoms. The normalized spacial score (nSPS) is 17.5. The Morgan fingerprint density at radius 1 is 1.24 bits per heavy atom. The molecule has 0 fully saturated rings. The zero-order valence-corrected chi connectivity index (χ0v) is 12.0. The molecule has 0 saturated heterocycles. The molecule has 1 N–H and O–H groups in total. The fourth-order valence-corrected chi connectivity index (χ4v) is 2.52. The third-order valence-electron chi connectivity index (χ3n) is 3.83. The van der Waals surface area contributed by atoms with Crippen LogP contribution >= 0.6 is 0 Å². The van der Waals surface area contributed by atoms with Gasteiger partial charge in [-0.15, -0.1) is 0 Å². The predicted molar refractivity (Wildman–Crippen MR) is 80.1 cm³/mol. The number of hydrogen-bond acceptors (Lipinski definition) is 2. The van der Waals surface area contributed by atoms with Gasteiger partial charge in [-0.1, -0.05) is 17.7 Å². The van der Waals surface area contributed by atoms with Gasteiger partial charge in [0.15, 0.2) is 0 Å². The van der Waals surface area contributed by atoms with Gasteiger partial charge in [0.2, 0.25) is 5.91 Å². The number of aryl methyl sites for hydroxylation is 1. The first-order chi connectivity index (χ1) is 10.1. The van der Waals surface area contributed by atoms with Crippen LogP contribution in [0.15, 0.2) is 42.6 Å². The monoisotopic (exact) mass is 283 g/mol. The van der Waals surface area contributed by atoms with Crippen molar-refractivity contribution in [2.24, 2.45) is 0 Å². The van der Waals surface area contributed by atoms with Gasteiger partial charge < -0.3 is 14.8 Å². The van der Waals surface area contributed by atoms with Crippen LogP contribution in [0.25, 0.3) is 0 Å². The van der Waals surface area contributed by atoms with Crippen LogP contribution in [-0.4, -0.2) is 34.4 Å². The Morgan fingerprint density at radius 2 is 1.95 bits per heavy atom. The van der Waals surface area contributed by atoms with Crippen molar-refractivity contribution < 1.29 is 9.59 Å². The first-order valence-corrected chi connectivity index (χ1v) is 6.86. The van der Waals surface area contributed by atoms with Gasteiger partial charge in [0, 0.05) is 18.9 Å². The van der Waals surface area contributed by atoms with Crippen molar-refractivity contribution in [3.05, 3.63) is 53.9 Å². The van der Waals surface area contributed by atoms with Gasteiger partial charge in [-0.25, -0.2) is 0 Å². The molecule has 0 bridgehead atoms. The van der Waals surface area contributed by atoms with Gasteiger partial charge in [0.05, 0.1) is 6.54 Å². The summed E-state index contributed by atoms with van der Waals surface area (Å²) in [7, 11) is 1.66. The van der Waals surface area contributed by atoms with Gasteiger partial charge in [0.1, 0.15) is 11.7 Å². The maximum atomic E-state index is 12.4. The Bertz CT molecular complexity index is 688. The Labute approximate surface area is 123 Å². The van der Waals surface area contributed by atoms with E-state index in [0.29, 0.717) is 12.2 Å². The van der Waals surface area contributed by atoms with E-state index in [-0.39, 0.29) is 11.8 Å². The van der Waals surface area contributed by atoms with Crippen LogP contribution in [-0.2, 0) is 11.3 Å². The molecule has 2 heterocycles. The zero-order chi connectivity index (χ0) is 15.0. The van der Waals surface area contributed by atoms with Crippen molar-refractivity contribution in [2.75, 3.05) is 12.4 Å². The van der Waals surface area contributed by atoms with Crippen molar-refractivity contribution in [1.29, 1.82) is 0 Å². The minimum absolute atomic E-state index is 0.129. The van der Waals surface area contributed by atoms with Gasteiger partial charge in [0.25, 0.3) is 5.91 Å². The average Bonchev–Trinajstić information content (AvgIpc) is 2.94. The Kier molecular flexibility index (Phi) is 3.25. The van der Waals surface area contributed by atoms with Crippen LogP contribution in [0.1, 0.15) is 16.1 Å². The van der Waals surface area contributed by atoms with Gasteiger partial charge in [-0.3, -0.25) is 9.59 Å². The molecule has 3 rings (SSSR count). The second-order valence-corrected chi connectivity index (χ2v) is 5.33. The van der Waals surface area contributed by atoms with Crippen LogP contribution in [0.2, 0.25) is 0 Å². The third kappa shape index (κ3) is 2.42. The van der Waals surface area contributed by atoms with Crippen molar-refractivity contribution in [2.45, 2.75) is 19.5 Å². The lowest BCUT2D eigenvalue weighted by atomic mass is 10.1. The molecule has 108 valence electrons. The number of hydrogen-bond donors (Lipinski definition) is 1. The molecule has 1 unspecified atom stereocenters. The zero-order valence-electron chi connectivity index (χ0n) is 12.0. The molecule has 1 atom stereocenters. The SMILES string of the molecule is Cc1ccc(NC(=O)C2Cn3cccc3C(=O)N2C)cc1. The topological polar surface area (TPSA) is 54.3 Å². The summed E-state index contributed by atoms with van der Waals surface area (Å²) < 4.78 is 1.82. The molecule has 0 saturated carbocycles. The Morgan fingerprint density at radius 3 is 2.67 bits per heavy atom. The molecule has 2 aromatic rings. The molecule has 1 aromatic heterocycles. The van der Waals surface area contributed by atoms with E-state index in [9.17, 15) is 9.59 Å². The predicted octanol–water partition coefficient (Wildman–Crippen LogP) is 1.89. The van der Waals surface area contributed by atoms with E-state index >= 15 is 0 Å². The molecule has 1 aliphatic heterocycles. The largest absolute Gasteiger partial charge is 0.341 e. The third-order valence-corrected chi connectivity index (χ3v) is 3.83. The highest BCUT2D eigenvalue weighted by Gasteiger charge is 2.33. The standard InChI is InChI=1S/C16H17N3O2/c1-11-5-7-12(8-6-11)17-15(20)14-10-19-9-3-4-13(19)16(21)18(14)2/h3-9,14H,10H2,1-2H3,(H,17,20). The number of rotatable bonds is 2. The van der Waals surface area contributed by atoms with Gasteiger partial charge in [-0.05, 0) is 31.2 Å². The number of aromatic nitrogens is 1. The smallest absolute Gasteiger partial charge is 0.270 e. The number of benzene rings is 1. The molecule has 0 aliphatic carbocycles. The first-order valence-electron chi connectivity index (χ1n) is 6.86. The van der Waals surface area contributed by atoms with Gasteiger partial charge >= 0.3 is 0 Å². The number of carbonyl (C=O) groups is 2. The summed E-state index contributed by atoms with van der Waals surface area (Å²) in [5.41, 5.74) is 2.50. The average molecular weight is 283 g/mol. The van der Waals surface area contributed by atoms with E-state index in [2.05, 4.69) is 5.32 Å². The van der Waals surface area contributed by atoms with Crippen molar-refractivity contribution in [3.8, 4) is 0 Å². The lowest BCUT2D eigenvalue weighted by Crippen LogP contribution is -2.51. The number of nitrogens with one attached hydrogen (secondary N) is 1. The summed E-state index contributed by atoms with van der Waals surface area (Å²) >= 11 is 0. The number of carbonyl (C=O) groups excluding carboxylic acids is 2. The summed E-state index contributed by atoms with van der Waals surface area (Å²) in [6, 6.07) is 10.7. The van der Waals surface area contributed by atoms with Crippen molar-refractivity contribution in [3.63, 3.8) is 0 Å². The lowest BCUT2D eigenvalue weighted by molar-refractivity contribution is -0.120. The number of anilines is 1. The molecular formula is C16H17N3O2. The van der Waals surface area contributed by atoms with E-state index < -0.39 is 6.04 Å². The fourth-order valence-electron chi connectivity index (χ4n) is 2.52. The highest BCUT2D eigenvalue weighted by Crippen LogP contribution is 2.18. The maximum absolute atomic E-state index is 12.4. The number of likely N-dealkylation sites (N-methyl/N-ethyl adjacent to an activating group) is 1. The van der Waals surface area contributed by atoms with Crippen LogP contribution in [0.3, 0.4) is 0 Å². The molecular weight excluding hydrogens is 266 g/mol. The minimum atomic E-state index is -0.501. The highest BCUT2D eigenvalue weighted by atomic mass is 16.2. The van der Waals surface area contributed by atoms with Gasteiger partial charge in [-0.2, -0.15) is 0 Å². The van der Waals surface area contributed by atoms with Crippen molar-refractivity contribution in [1.82, 2.24) is 9.47 Å². The second kappa shape index (κ2) is 5.09. The first kappa shape index (κ1) is 13.4. The number of amides is 2. The van der Waals surface area contributed by atoms with E-state index in [4.69, 9.17) is 0 Å². The fraction of sp³-hybridized carbons (Fsp3) is 0.250. The highest BCUT2D eigenvalue weighted by molar-refractivity contribution is 6.01. The summed E-state index contributed by atoms with van der Waals surface area (Å²) in [5, 5.41) is 2.87. The molecule has 1 aliphatic rings. The molecule has 2 amide bonds. The Hall–Kier alpha value is -2.56. The summed E-state index contributed by atoms with van der Waals surface area (Å²) in [5.74, 6) is -0.302. The molecule has 21 heavy (non-hydrogen) atoms. The van der Waals surface area contributed by atoms with E-state index in [0.717, 1.165) is 11.3 Å². The summed E-state index contributed by atoms with van der Waals surface area (Å²) in [6.07, 6.45) is 1.83. The molecule has 1 aromatic carbocycles. The summed E-state index contributed by atoms with van der Waals surface area (Å²) in [4.78, 5) is 26.1. The summed E-state index contributed by atoms with van der Waals surface area (Å²) in [6.45, 7) is 2.47. The van der Waals surface area contributed by atoms with Crippen molar-refractivity contribution >= 4 is 17.5 Å².